The Morgan fingerprint density at radius 3 is 2.88 bits per heavy atom. The van der Waals surface area contributed by atoms with Crippen molar-refractivity contribution in [3.8, 4) is 0 Å². The van der Waals surface area contributed by atoms with Crippen LogP contribution in [0.15, 0.2) is 30.6 Å². The van der Waals surface area contributed by atoms with Crippen LogP contribution in [-0.2, 0) is 16.1 Å². The predicted molar refractivity (Wildman–Crippen MR) is 95.3 cm³/mol. The molecule has 0 spiro atoms. The van der Waals surface area contributed by atoms with Crippen molar-refractivity contribution in [3.05, 3.63) is 36.3 Å². The normalized spacial score (nSPS) is 21.9. The molecule has 0 N–H and O–H groups in total. The summed E-state index contributed by atoms with van der Waals surface area (Å²) < 4.78 is 7.67. The van der Waals surface area contributed by atoms with Gasteiger partial charge in [0.25, 0.3) is 0 Å². The van der Waals surface area contributed by atoms with E-state index in [1.54, 1.807) is 0 Å². The molecule has 1 amide bonds. The molecule has 25 heavy (non-hydrogen) atoms. The monoisotopic (exact) mass is 342 g/mol. The zero-order chi connectivity index (χ0) is 17.1. The molecule has 2 aromatic rings. The number of hydrogen-bond donors (Lipinski definition) is 0. The van der Waals surface area contributed by atoms with Gasteiger partial charge in [-0.2, -0.15) is 0 Å². The van der Waals surface area contributed by atoms with Gasteiger partial charge in [-0.15, -0.1) is 0 Å². The fourth-order valence-electron chi connectivity index (χ4n) is 3.76. The van der Waals surface area contributed by atoms with E-state index in [1.165, 1.54) is 0 Å². The molecular formula is C19H26N4O2. The second-order valence-corrected chi connectivity index (χ2v) is 7.03. The van der Waals surface area contributed by atoms with Gasteiger partial charge in [0.2, 0.25) is 5.91 Å². The third-order valence-electron chi connectivity index (χ3n) is 5.23. The number of carbonyl (C=O) groups excluding carboxylic acids is 1. The van der Waals surface area contributed by atoms with Gasteiger partial charge in [0.1, 0.15) is 5.65 Å². The van der Waals surface area contributed by atoms with Crippen molar-refractivity contribution in [2.75, 3.05) is 32.8 Å². The summed E-state index contributed by atoms with van der Waals surface area (Å²) in [6.45, 7) is 5.18. The fraction of sp³-hybridized carbons (Fsp3) is 0.579. The Labute approximate surface area is 148 Å². The van der Waals surface area contributed by atoms with Crippen LogP contribution in [0.5, 0.6) is 0 Å². The average molecular weight is 342 g/mol. The van der Waals surface area contributed by atoms with Crippen LogP contribution in [0.2, 0.25) is 0 Å². The van der Waals surface area contributed by atoms with E-state index in [9.17, 15) is 4.79 Å². The Bertz CT molecular complexity index is 682. The molecule has 2 fully saturated rings. The molecule has 2 aliphatic heterocycles. The number of carbonyl (C=O) groups is 1. The topological polar surface area (TPSA) is 50.1 Å². The number of amides is 1. The van der Waals surface area contributed by atoms with E-state index in [0.29, 0.717) is 12.5 Å². The quantitative estimate of drug-likeness (QED) is 0.833. The van der Waals surface area contributed by atoms with E-state index < -0.39 is 0 Å². The minimum atomic E-state index is 0.280. The Hall–Kier alpha value is -1.92. The van der Waals surface area contributed by atoms with Gasteiger partial charge in [0, 0.05) is 58.1 Å². The Morgan fingerprint density at radius 1 is 1.24 bits per heavy atom. The number of piperazine rings is 1. The highest BCUT2D eigenvalue weighted by atomic mass is 16.5. The maximum absolute atomic E-state index is 12.4. The molecule has 134 valence electrons. The van der Waals surface area contributed by atoms with Gasteiger partial charge in [-0.25, -0.2) is 4.98 Å². The number of pyridine rings is 1. The lowest BCUT2D eigenvalue weighted by Gasteiger charge is -2.34. The molecule has 0 bridgehead atoms. The standard InChI is InChI=1S/C19H26N4O2/c24-19(7-6-17-4-3-13-25-17)22-11-9-21(10-12-22)14-16-15-23-8-2-1-5-18(23)20-16/h1-2,5,8,15,17H,3-4,6-7,9-14H2/t17-/m1/s1. The van der Waals surface area contributed by atoms with Crippen molar-refractivity contribution in [2.24, 2.45) is 0 Å². The summed E-state index contributed by atoms with van der Waals surface area (Å²) in [7, 11) is 0. The van der Waals surface area contributed by atoms with E-state index >= 15 is 0 Å². The number of aromatic nitrogens is 2. The average Bonchev–Trinajstić information content (AvgIpc) is 3.29. The number of hydrogen-bond acceptors (Lipinski definition) is 4. The molecule has 0 radical (unpaired) electrons. The fourth-order valence-corrected chi connectivity index (χ4v) is 3.76. The van der Waals surface area contributed by atoms with Crippen LogP contribution >= 0.6 is 0 Å². The van der Waals surface area contributed by atoms with Crippen molar-refractivity contribution in [1.82, 2.24) is 19.2 Å². The highest BCUT2D eigenvalue weighted by molar-refractivity contribution is 5.76. The molecule has 0 unspecified atom stereocenters. The largest absolute Gasteiger partial charge is 0.378 e. The molecule has 1 atom stereocenters. The first-order chi connectivity index (χ1) is 12.3. The van der Waals surface area contributed by atoms with Crippen molar-refractivity contribution < 1.29 is 9.53 Å². The summed E-state index contributed by atoms with van der Waals surface area (Å²) in [5.41, 5.74) is 2.07. The predicted octanol–water partition coefficient (Wildman–Crippen LogP) is 1.94. The smallest absolute Gasteiger partial charge is 0.222 e. The molecule has 2 saturated heterocycles. The van der Waals surface area contributed by atoms with E-state index in [2.05, 4.69) is 20.5 Å². The summed E-state index contributed by atoms with van der Waals surface area (Å²) in [4.78, 5) is 21.4. The van der Waals surface area contributed by atoms with Crippen molar-refractivity contribution in [3.63, 3.8) is 0 Å². The van der Waals surface area contributed by atoms with E-state index in [-0.39, 0.29) is 5.91 Å². The third kappa shape index (κ3) is 4.02. The van der Waals surface area contributed by atoms with Crippen molar-refractivity contribution in [2.45, 2.75) is 38.3 Å². The summed E-state index contributed by atoms with van der Waals surface area (Å²) in [5.74, 6) is 0.280. The van der Waals surface area contributed by atoms with Gasteiger partial charge in [0.05, 0.1) is 11.8 Å². The number of rotatable bonds is 5. The Morgan fingerprint density at radius 2 is 2.12 bits per heavy atom. The summed E-state index contributed by atoms with van der Waals surface area (Å²) in [6, 6.07) is 6.04. The highest BCUT2D eigenvalue weighted by Crippen LogP contribution is 2.18. The van der Waals surface area contributed by atoms with Crippen LogP contribution in [0.4, 0.5) is 0 Å². The SMILES string of the molecule is O=C(CC[C@H]1CCCO1)N1CCN(Cc2cn3ccccc3n2)CC1. The lowest BCUT2D eigenvalue weighted by molar-refractivity contribution is -0.133. The summed E-state index contributed by atoms with van der Waals surface area (Å²) >= 11 is 0. The maximum atomic E-state index is 12.4. The molecule has 2 aliphatic rings. The van der Waals surface area contributed by atoms with Gasteiger partial charge in [-0.1, -0.05) is 6.07 Å². The first-order valence-electron chi connectivity index (χ1n) is 9.32. The number of nitrogens with zero attached hydrogens (tertiary/aromatic N) is 4. The van der Waals surface area contributed by atoms with Crippen LogP contribution in [0.3, 0.4) is 0 Å². The first-order valence-corrected chi connectivity index (χ1v) is 9.32. The summed E-state index contributed by atoms with van der Waals surface area (Å²) in [6.07, 6.45) is 8.17. The van der Waals surface area contributed by atoms with Crippen molar-refractivity contribution >= 4 is 11.6 Å². The molecule has 6 nitrogen and oxygen atoms in total. The first kappa shape index (κ1) is 16.5. The second-order valence-electron chi connectivity index (χ2n) is 7.03. The molecule has 0 aliphatic carbocycles. The van der Waals surface area contributed by atoms with E-state index in [0.717, 1.165) is 69.9 Å². The second kappa shape index (κ2) is 7.54. The summed E-state index contributed by atoms with van der Waals surface area (Å²) in [5, 5.41) is 0. The lowest BCUT2D eigenvalue weighted by atomic mass is 10.1. The molecule has 2 aromatic heterocycles. The van der Waals surface area contributed by atoms with Crippen molar-refractivity contribution in [1.29, 1.82) is 0 Å². The molecule has 4 heterocycles. The molecule has 4 rings (SSSR count). The van der Waals surface area contributed by atoms with Crippen LogP contribution < -0.4 is 0 Å². The van der Waals surface area contributed by atoms with Crippen LogP contribution in [0.1, 0.15) is 31.4 Å². The molecule has 0 saturated carbocycles. The van der Waals surface area contributed by atoms with Gasteiger partial charge in [0.15, 0.2) is 0 Å². The van der Waals surface area contributed by atoms with Gasteiger partial charge in [-0.05, 0) is 31.4 Å². The Kier molecular flexibility index (Phi) is 4.99. The van der Waals surface area contributed by atoms with Crippen LogP contribution in [0, 0.1) is 0 Å². The van der Waals surface area contributed by atoms with Gasteiger partial charge >= 0.3 is 0 Å². The van der Waals surface area contributed by atoms with E-state index in [1.807, 2.05) is 29.3 Å². The highest BCUT2D eigenvalue weighted by Gasteiger charge is 2.23. The zero-order valence-electron chi connectivity index (χ0n) is 14.6. The molecule has 6 heteroatoms. The Balaban J connectivity index is 1.24. The number of ether oxygens (including phenoxy) is 1. The minimum Gasteiger partial charge on any atom is -0.378 e. The maximum Gasteiger partial charge on any atom is 0.222 e. The minimum absolute atomic E-state index is 0.280. The lowest BCUT2D eigenvalue weighted by Crippen LogP contribution is -2.48. The van der Waals surface area contributed by atoms with E-state index in [4.69, 9.17) is 4.74 Å². The zero-order valence-corrected chi connectivity index (χ0v) is 14.6. The molecule has 0 aromatic carbocycles. The number of fused-ring (bicyclic) bond motifs is 1. The van der Waals surface area contributed by atoms with Crippen LogP contribution in [0.25, 0.3) is 5.65 Å². The van der Waals surface area contributed by atoms with Crippen LogP contribution in [-0.4, -0.2) is 64.0 Å². The van der Waals surface area contributed by atoms with Gasteiger partial charge < -0.3 is 14.0 Å². The molecular weight excluding hydrogens is 316 g/mol. The number of imidazole rings is 1. The van der Waals surface area contributed by atoms with Gasteiger partial charge in [-0.3, -0.25) is 9.69 Å². The third-order valence-corrected chi connectivity index (χ3v) is 5.23.